The quantitative estimate of drug-likeness (QED) is 0.927. The highest BCUT2D eigenvalue weighted by molar-refractivity contribution is 7.19. The van der Waals surface area contributed by atoms with Crippen LogP contribution in [0.15, 0.2) is 12.3 Å². The first kappa shape index (κ1) is 14.9. The minimum atomic E-state index is -0.128. The summed E-state index contributed by atoms with van der Waals surface area (Å²) in [5.41, 5.74) is 1.67. The van der Waals surface area contributed by atoms with Crippen LogP contribution in [0.1, 0.15) is 12.6 Å². The van der Waals surface area contributed by atoms with Crippen molar-refractivity contribution in [1.82, 2.24) is 15.0 Å². The summed E-state index contributed by atoms with van der Waals surface area (Å²) >= 11 is 1.42. The number of amides is 1. The van der Waals surface area contributed by atoms with Crippen LogP contribution in [0.2, 0.25) is 0 Å². The topological polar surface area (TPSA) is 80.2 Å². The Balaban J connectivity index is 1.88. The van der Waals surface area contributed by atoms with Crippen molar-refractivity contribution in [2.45, 2.75) is 13.8 Å². The minimum absolute atomic E-state index is 0.128. The van der Waals surface area contributed by atoms with Crippen LogP contribution in [0.3, 0.4) is 0 Å². The number of carbonyl (C=O) groups excluding carboxylic acids is 1. The Labute approximate surface area is 132 Å². The van der Waals surface area contributed by atoms with Gasteiger partial charge in [0.15, 0.2) is 5.13 Å². The van der Waals surface area contributed by atoms with Crippen molar-refractivity contribution in [3.05, 3.63) is 18.0 Å². The molecule has 1 N–H and O–H groups in total. The van der Waals surface area contributed by atoms with Crippen LogP contribution < -0.4 is 10.2 Å². The molecule has 1 saturated heterocycles. The summed E-state index contributed by atoms with van der Waals surface area (Å²) in [6, 6.07) is 1.86. The number of nitrogens with one attached hydrogen (secondary N) is 1. The van der Waals surface area contributed by atoms with E-state index in [-0.39, 0.29) is 5.91 Å². The van der Waals surface area contributed by atoms with Gasteiger partial charge in [-0.3, -0.25) is 4.79 Å². The van der Waals surface area contributed by atoms with E-state index in [2.05, 4.69) is 25.2 Å². The average molecular weight is 319 g/mol. The lowest BCUT2D eigenvalue weighted by Gasteiger charge is -2.26. The van der Waals surface area contributed by atoms with Gasteiger partial charge < -0.3 is 15.0 Å². The zero-order chi connectivity index (χ0) is 15.5. The highest BCUT2D eigenvalue weighted by atomic mass is 32.1. The van der Waals surface area contributed by atoms with Crippen molar-refractivity contribution in [3.63, 3.8) is 0 Å². The van der Waals surface area contributed by atoms with Crippen LogP contribution in [0, 0.1) is 6.92 Å². The molecule has 22 heavy (non-hydrogen) atoms. The fraction of sp³-hybridized carbons (Fsp3) is 0.429. The van der Waals surface area contributed by atoms with Crippen molar-refractivity contribution in [2.24, 2.45) is 0 Å². The molecule has 116 valence electrons. The molecule has 0 atom stereocenters. The maximum Gasteiger partial charge on any atom is 0.226 e. The molecule has 1 amide bonds. The van der Waals surface area contributed by atoms with Gasteiger partial charge in [-0.15, -0.1) is 0 Å². The maximum absolute atomic E-state index is 11.1. The molecule has 3 heterocycles. The SMILES string of the molecule is CC(=O)Nc1nc(C)c(-c2ccnc(N3CCOCC3)n2)s1. The van der Waals surface area contributed by atoms with E-state index in [0.29, 0.717) is 24.3 Å². The average Bonchev–Trinajstić information content (AvgIpc) is 2.88. The number of hydrogen-bond acceptors (Lipinski definition) is 7. The molecule has 0 unspecified atom stereocenters. The second-order valence-electron chi connectivity index (χ2n) is 4.96. The second kappa shape index (κ2) is 6.37. The molecule has 2 aromatic heterocycles. The number of aromatic nitrogens is 3. The molecule has 1 fully saturated rings. The summed E-state index contributed by atoms with van der Waals surface area (Å²) in [5.74, 6) is 0.576. The summed E-state index contributed by atoms with van der Waals surface area (Å²) in [5, 5.41) is 3.30. The van der Waals surface area contributed by atoms with Gasteiger partial charge in [-0.2, -0.15) is 0 Å². The molecule has 2 aromatic rings. The van der Waals surface area contributed by atoms with E-state index in [1.807, 2.05) is 13.0 Å². The Bertz CT molecular complexity index is 682. The van der Waals surface area contributed by atoms with Crippen molar-refractivity contribution >= 4 is 28.3 Å². The van der Waals surface area contributed by atoms with E-state index in [4.69, 9.17) is 4.74 Å². The summed E-state index contributed by atoms with van der Waals surface area (Å²) in [7, 11) is 0. The first-order valence-electron chi connectivity index (χ1n) is 7.04. The fourth-order valence-electron chi connectivity index (χ4n) is 2.23. The third-order valence-electron chi connectivity index (χ3n) is 3.25. The number of anilines is 2. The van der Waals surface area contributed by atoms with E-state index in [1.54, 1.807) is 6.20 Å². The van der Waals surface area contributed by atoms with Gasteiger partial charge in [0.05, 0.1) is 29.5 Å². The third kappa shape index (κ3) is 3.23. The molecule has 1 aliphatic heterocycles. The Kier molecular flexibility index (Phi) is 4.30. The van der Waals surface area contributed by atoms with Crippen LogP contribution in [0.5, 0.6) is 0 Å². The number of aryl methyl sites for hydroxylation is 1. The van der Waals surface area contributed by atoms with Crippen LogP contribution in [-0.4, -0.2) is 47.2 Å². The molecule has 0 aromatic carbocycles. The molecule has 7 nitrogen and oxygen atoms in total. The van der Waals surface area contributed by atoms with Gasteiger partial charge >= 0.3 is 0 Å². The lowest BCUT2D eigenvalue weighted by molar-refractivity contribution is -0.114. The maximum atomic E-state index is 11.1. The molecule has 0 aliphatic carbocycles. The minimum Gasteiger partial charge on any atom is -0.378 e. The Morgan fingerprint density at radius 2 is 2.14 bits per heavy atom. The van der Waals surface area contributed by atoms with Crippen molar-refractivity contribution < 1.29 is 9.53 Å². The van der Waals surface area contributed by atoms with E-state index >= 15 is 0 Å². The number of rotatable bonds is 3. The Hall–Kier alpha value is -2.06. The van der Waals surface area contributed by atoms with Gasteiger partial charge in [0.1, 0.15) is 0 Å². The summed E-state index contributed by atoms with van der Waals surface area (Å²) < 4.78 is 5.35. The smallest absolute Gasteiger partial charge is 0.226 e. The van der Waals surface area contributed by atoms with Crippen LogP contribution >= 0.6 is 11.3 Å². The van der Waals surface area contributed by atoms with E-state index < -0.39 is 0 Å². The van der Waals surface area contributed by atoms with Crippen molar-refractivity contribution in [1.29, 1.82) is 0 Å². The van der Waals surface area contributed by atoms with Crippen molar-refractivity contribution in [3.8, 4) is 10.6 Å². The fourth-order valence-corrected chi connectivity index (χ4v) is 3.21. The Morgan fingerprint density at radius 3 is 2.86 bits per heavy atom. The molecule has 8 heteroatoms. The zero-order valence-electron chi connectivity index (χ0n) is 12.5. The number of carbonyl (C=O) groups is 1. The first-order chi connectivity index (χ1) is 10.6. The molecule has 0 spiro atoms. The van der Waals surface area contributed by atoms with Gasteiger partial charge in [0.25, 0.3) is 0 Å². The highest BCUT2D eigenvalue weighted by Gasteiger charge is 2.17. The zero-order valence-corrected chi connectivity index (χ0v) is 13.3. The molecule has 0 saturated carbocycles. The molecule has 1 aliphatic rings. The molecule has 0 radical (unpaired) electrons. The largest absolute Gasteiger partial charge is 0.378 e. The lowest BCUT2D eigenvalue weighted by Crippen LogP contribution is -2.37. The summed E-state index contributed by atoms with van der Waals surface area (Å²) in [6.07, 6.45) is 1.75. The standard InChI is InChI=1S/C14H17N5O2S/c1-9-12(22-14(16-9)17-10(2)20)11-3-4-15-13(18-11)19-5-7-21-8-6-19/h3-4H,5-8H2,1-2H3,(H,16,17,20). The monoisotopic (exact) mass is 319 g/mol. The summed E-state index contributed by atoms with van der Waals surface area (Å²) in [4.78, 5) is 27.5. The molecule has 3 rings (SSSR count). The van der Waals surface area contributed by atoms with E-state index in [1.165, 1.54) is 18.3 Å². The lowest BCUT2D eigenvalue weighted by atomic mass is 10.3. The second-order valence-corrected chi connectivity index (χ2v) is 5.96. The predicted octanol–water partition coefficient (Wildman–Crippen LogP) is 1.70. The summed E-state index contributed by atoms with van der Waals surface area (Å²) in [6.45, 7) is 6.36. The Morgan fingerprint density at radius 1 is 1.36 bits per heavy atom. The molecular formula is C14H17N5O2S. The van der Waals surface area contributed by atoms with Gasteiger partial charge in [-0.1, -0.05) is 11.3 Å². The number of hydrogen-bond donors (Lipinski definition) is 1. The molecule has 0 bridgehead atoms. The van der Waals surface area contributed by atoms with Crippen molar-refractivity contribution in [2.75, 3.05) is 36.5 Å². The van der Waals surface area contributed by atoms with E-state index in [9.17, 15) is 4.79 Å². The molecular weight excluding hydrogens is 302 g/mol. The number of morpholine rings is 1. The number of ether oxygens (including phenoxy) is 1. The van der Waals surface area contributed by atoms with Gasteiger partial charge in [-0.25, -0.2) is 15.0 Å². The number of nitrogens with zero attached hydrogens (tertiary/aromatic N) is 4. The normalized spacial score (nSPS) is 14.9. The van der Waals surface area contributed by atoms with Crippen LogP contribution in [-0.2, 0) is 9.53 Å². The van der Waals surface area contributed by atoms with E-state index in [0.717, 1.165) is 29.4 Å². The predicted molar refractivity (Wildman–Crippen MR) is 85.2 cm³/mol. The van der Waals surface area contributed by atoms with Crippen LogP contribution in [0.25, 0.3) is 10.6 Å². The van der Waals surface area contributed by atoms with Gasteiger partial charge in [-0.05, 0) is 13.0 Å². The highest BCUT2D eigenvalue weighted by Crippen LogP contribution is 2.32. The number of thiazole rings is 1. The van der Waals surface area contributed by atoms with Gasteiger partial charge in [0.2, 0.25) is 11.9 Å². The van der Waals surface area contributed by atoms with Gasteiger partial charge in [0, 0.05) is 26.2 Å². The third-order valence-corrected chi connectivity index (χ3v) is 4.34. The van der Waals surface area contributed by atoms with Crippen LogP contribution in [0.4, 0.5) is 11.1 Å². The first-order valence-corrected chi connectivity index (χ1v) is 7.86.